The molecule has 0 saturated heterocycles. The number of hydrogen-bond donors (Lipinski definition) is 1. The molecular formula is C24H18FN5O2S4. The zero-order valence-electron chi connectivity index (χ0n) is 19.0. The Morgan fingerprint density at radius 1 is 1.17 bits per heavy atom. The number of thioether (sulfide) groups is 1. The molecule has 3 aromatic heterocycles. The molecule has 0 bridgehead atoms. The SMILES string of the molecule is Cc1ccc(-n2c(=S)sc3c(=O)n(-c4ccc(F)cc4)c(SCC(=O)Nc4nccs4)nc32)c(C)c1. The van der Waals surface area contributed by atoms with Gasteiger partial charge in [-0.2, -0.15) is 0 Å². The number of nitrogens with one attached hydrogen (secondary N) is 1. The average Bonchev–Trinajstić information content (AvgIpc) is 3.46. The van der Waals surface area contributed by atoms with Gasteiger partial charge in [-0.3, -0.25) is 18.7 Å². The quantitative estimate of drug-likeness (QED) is 0.159. The number of aryl methyl sites for hydroxylation is 2. The lowest BCUT2D eigenvalue weighted by molar-refractivity contribution is -0.113. The molecule has 0 aliphatic heterocycles. The number of benzene rings is 2. The molecule has 12 heteroatoms. The van der Waals surface area contributed by atoms with Gasteiger partial charge in [-0.05, 0) is 62.0 Å². The van der Waals surface area contributed by atoms with Crippen molar-refractivity contribution in [1.82, 2.24) is 19.1 Å². The first-order valence-corrected chi connectivity index (χ1v) is 13.7. The van der Waals surface area contributed by atoms with E-state index in [9.17, 15) is 14.0 Å². The average molecular weight is 556 g/mol. The Hall–Kier alpha value is -3.19. The van der Waals surface area contributed by atoms with Gasteiger partial charge in [0.15, 0.2) is 19.9 Å². The number of fused-ring (bicyclic) bond motifs is 1. The van der Waals surface area contributed by atoms with E-state index in [2.05, 4.69) is 10.3 Å². The fourth-order valence-corrected chi connectivity index (χ4v) is 6.33. The van der Waals surface area contributed by atoms with Gasteiger partial charge in [0, 0.05) is 11.6 Å². The summed E-state index contributed by atoms with van der Waals surface area (Å²) in [5.74, 6) is -0.714. The number of carbonyl (C=O) groups excluding carboxylic acids is 1. The van der Waals surface area contributed by atoms with Gasteiger partial charge in [0.25, 0.3) is 5.56 Å². The minimum absolute atomic E-state index is 0.00680. The molecule has 0 radical (unpaired) electrons. The van der Waals surface area contributed by atoms with E-state index in [-0.39, 0.29) is 17.2 Å². The van der Waals surface area contributed by atoms with Crippen LogP contribution in [0.4, 0.5) is 9.52 Å². The van der Waals surface area contributed by atoms with E-state index in [1.807, 2.05) is 32.0 Å². The maximum absolute atomic E-state index is 13.7. The van der Waals surface area contributed by atoms with Gasteiger partial charge in [0.1, 0.15) is 10.5 Å². The van der Waals surface area contributed by atoms with Crippen LogP contribution in [0.15, 0.2) is 64.0 Å². The van der Waals surface area contributed by atoms with Gasteiger partial charge < -0.3 is 5.32 Å². The first-order chi connectivity index (χ1) is 17.3. The monoisotopic (exact) mass is 555 g/mol. The highest BCUT2D eigenvalue weighted by Crippen LogP contribution is 2.29. The predicted molar refractivity (Wildman–Crippen MR) is 146 cm³/mol. The molecule has 0 fully saturated rings. The highest BCUT2D eigenvalue weighted by atomic mass is 32.2. The molecule has 1 N–H and O–H groups in total. The Balaban J connectivity index is 1.65. The van der Waals surface area contributed by atoms with Gasteiger partial charge in [-0.25, -0.2) is 14.4 Å². The van der Waals surface area contributed by atoms with Gasteiger partial charge in [0.2, 0.25) is 5.91 Å². The van der Waals surface area contributed by atoms with Crippen LogP contribution in [0.2, 0.25) is 0 Å². The van der Waals surface area contributed by atoms with Crippen molar-refractivity contribution < 1.29 is 9.18 Å². The van der Waals surface area contributed by atoms with Crippen molar-refractivity contribution >= 4 is 68.0 Å². The maximum atomic E-state index is 13.7. The predicted octanol–water partition coefficient (Wildman–Crippen LogP) is 5.91. The molecule has 0 aliphatic carbocycles. The number of rotatable bonds is 6. The highest BCUT2D eigenvalue weighted by Gasteiger charge is 2.20. The summed E-state index contributed by atoms with van der Waals surface area (Å²) in [6, 6.07) is 11.5. The molecule has 0 aliphatic rings. The molecule has 1 amide bonds. The molecule has 7 nitrogen and oxygen atoms in total. The van der Waals surface area contributed by atoms with Crippen LogP contribution < -0.4 is 10.9 Å². The lowest BCUT2D eigenvalue weighted by Gasteiger charge is -2.14. The summed E-state index contributed by atoms with van der Waals surface area (Å²) < 4.78 is 17.7. The molecule has 36 heavy (non-hydrogen) atoms. The Morgan fingerprint density at radius 3 is 2.64 bits per heavy atom. The first kappa shape index (κ1) is 24.5. The summed E-state index contributed by atoms with van der Waals surface area (Å²) in [4.78, 5) is 35.1. The summed E-state index contributed by atoms with van der Waals surface area (Å²) >= 11 is 9.23. The molecule has 5 rings (SSSR count). The van der Waals surface area contributed by atoms with E-state index in [1.54, 1.807) is 16.1 Å². The van der Waals surface area contributed by atoms with Crippen LogP contribution >= 0.6 is 46.7 Å². The van der Waals surface area contributed by atoms with Crippen LogP contribution in [0.25, 0.3) is 21.7 Å². The van der Waals surface area contributed by atoms with Crippen LogP contribution in [0.3, 0.4) is 0 Å². The fraction of sp³-hybridized carbons (Fsp3) is 0.125. The summed E-state index contributed by atoms with van der Waals surface area (Å²) in [7, 11) is 0. The van der Waals surface area contributed by atoms with E-state index in [4.69, 9.17) is 17.2 Å². The van der Waals surface area contributed by atoms with Crippen LogP contribution in [0.5, 0.6) is 0 Å². The van der Waals surface area contributed by atoms with Crippen molar-refractivity contribution in [1.29, 1.82) is 0 Å². The van der Waals surface area contributed by atoms with E-state index in [1.165, 1.54) is 51.5 Å². The van der Waals surface area contributed by atoms with E-state index >= 15 is 0 Å². The van der Waals surface area contributed by atoms with Crippen LogP contribution in [0, 0.1) is 23.6 Å². The van der Waals surface area contributed by atoms with Crippen LogP contribution in [-0.2, 0) is 4.79 Å². The molecule has 0 atom stereocenters. The van der Waals surface area contributed by atoms with Gasteiger partial charge >= 0.3 is 0 Å². The van der Waals surface area contributed by atoms with Crippen molar-refractivity contribution in [2.45, 2.75) is 19.0 Å². The first-order valence-electron chi connectivity index (χ1n) is 10.7. The topological polar surface area (TPSA) is 81.8 Å². The number of hydrogen-bond acceptors (Lipinski definition) is 8. The van der Waals surface area contributed by atoms with Crippen LogP contribution in [0.1, 0.15) is 11.1 Å². The molecule has 0 saturated carbocycles. The summed E-state index contributed by atoms with van der Waals surface area (Å²) in [5, 5.41) is 5.27. The van der Waals surface area contributed by atoms with E-state index < -0.39 is 5.82 Å². The molecular weight excluding hydrogens is 538 g/mol. The number of carbonyl (C=O) groups is 1. The maximum Gasteiger partial charge on any atom is 0.278 e. The second-order valence-corrected chi connectivity index (χ2v) is 11.3. The smallest absolute Gasteiger partial charge is 0.278 e. The van der Waals surface area contributed by atoms with E-state index in [0.717, 1.165) is 28.6 Å². The second kappa shape index (κ2) is 10.1. The minimum atomic E-state index is -0.422. The summed E-state index contributed by atoms with van der Waals surface area (Å²) in [5.41, 5.74) is 3.46. The van der Waals surface area contributed by atoms with Crippen molar-refractivity contribution in [3.05, 3.63) is 85.3 Å². The van der Waals surface area contributed by atoms with Gasteiger partial charge in [-0.15, -0.1) is 11.3 Å². The minimum Gasteiger partial charge on any atom is -0.301 e. The summed E-state index contributed by atoms with van der Waals surface area (Å²) in [6.45, 7) is 3.98. The standard InChI is InChI=1S/C24H18FN5O2S4/c1-13-3-8-17(14(2)11-13)30-20-19(36-24(30)33)21(32)29(16-6-4-15(25)5-7-16)23(28-20)35-12-18(31)27-22-26-9-10-34-22/h3-11H,12H2,1-2H3,(H,26,27,31). The number of anilines is 1. The lowest BCUT2D eigenvalue weighted by atomic mass is 10.1. The molecule has 182 valence electrons. The van der Waals surface area contributed by atoms with Gasteiger partial charge in [-0.1, -0.05) is 40.8 Å². The second-order valence-electron chi connectivity index (χ2n) is 7.83. The number of thiazole rings is 2. The zero-order chi connectivity index (χ0) is 25.4. The molecule has 0 unspecified atom stereocenters. The van der Waals surface area contributed by atoms with Crippen LogP contribution in [-0.4, -0.2) is 30.8 Å². The number of halogens is 1. The Morgan fingerprint density at radius 2 is 1.94 bits per heavy atom. The normalized spacial score (nSPS) is 11.2. The Labute approximate surface area is 222 Å². The zero-order valence-corrected chi connectivity index (χ0v) is 22.3. The lowest BCUT2D eigenvalue weighted by Crippen LogP contribution is -2.23. The molecule has 3 heterocycles. The third-order valence-electron chi connectivity index (χ3n) is 5.27. The molecule has 0 spiro atoms. The molecule has 5 aromatic rings. The number of nitrogens with zero attached hydrogens (tertiary/aromatic N) is 4. The van der Waals surface area contributed by atoms with Gasteiger partial charge in [0.05, 0.1) is 17.1 Å². The van der Waals surface area contributed by atoms with Crippen molar-refractivity contribution in [3.63, 3.8) is 0 Å². The third kappa shape index (κ3) is 4.76. The number of aromatic nitrogens is 4. The number of amides is 1. The highest BCUT2D eigenvalue weighted by molar-refractivity contribution is 7.99. The van der Waals surface area contributed by atoms with Crippen molar-refractivity contribution in [3.8, 4) is 11.4 Å². The molecule has 2 aromatic carbocycles. The van der Waals surface area contributed by atoms with E-state index in [0.29, 0.717) is 30.3 Å². The van der Waals surface area contributed by atoms with Crippen molar-refractivity contribution in [2.24, 2.45) is 0 Å². The van der Waals surface area contributed by atoms with Crippen molar-refractivity contribution in [2.75, 3.05) is 11.1 Å². The summed E-state index contributed by atoms with van der Waals surface area (Å²) in [6.07, 6.45) is 1.60. The Bertz CT molecular complexity index is 1710. The largest absolute Gasteiger partial charge is 0.301 e. The fourth-order valence-electron chi connectivity index (χ4n) is 3.69. The Kier molecular flexibility index (Phi) is 6.84. The third-order valence-corrected chi connectivity index (χ3v) is 8.24.